The average Bonchev–Trinajstić information content (AvgIpc) is 2.88. The van der Waals surface area contributed by atoms with Gasteiger partial charge in [0.15, 0.2) is 0 Å². The minimum Gasteiger partial charge on any atom is -0.336 e. The van der Waals surface area contributed by atoms with Crippen molar-refractivity contribution in [3.8, 4) is 0 Å². The second kappa shape index (κ2) is 5.31. The summed E-state index contributed by atoms with van der Waals surface area (Å²) in [6.45, 7) is 4.41. The molecule has 1 aromatic rings. The molecule has 2 rings (SSSR count). The van der Waals surface area contributed by atoms with Crippen LogP contribution in [0.4, 0.5) is 0 Å². The van der Waals surface area contributed by atoms with Crippen LogP contribution in [0.15, 0.2) is 18.7 Å². The number of aromatic nitrogens is 2. The fourth-order valence-electron chi connectivity index (χ4n) is 2.59. The van der Waals surface area contributed by atoms with Crippen molar-refractivity contribution in [2.24, 2.45) is 5.92 Å². The molecule has 15 heavy (non-hydrogen) atoms. The first-order chi connectivity index (χ1) is 7.40. The van der Waals surface area contributed by atoms with Gasteiger partial charge in [0.1, 0.15) is 0 Å². The third-order valence-corrected chi connectivity index (χ3v) is 3.52. The zero-order chi connectivity index (χ0) is 10.5. The summed E-state index contributed by atoms with van der Waals surface area (Å²) in [5.41, 5.74) is 0. The molecule has 3 nitrogen and oxygen atoms in total. The summed E-state index contributed by atoms with van der Waals surface area (Å²) < 4.78 is 2.13. The highest BCUT2D eigenvalue weighted by molar-refractivity contribution is 4.82. The fraction of sp³-hybridized carbons (Fsp3) is 0.750. The molecule has 0 spiro atoms. The predicted molar refractivity (Wildman–Crippen MR) is 61.6 cm³/mol. The molecule has 0 saturated heterocycles. The molecule has 3 heteroatoms. The van der Waals surface area contributed by atoms with E-state index in [4.69, 9.17) is 0 Å². The zero-order valence-corrected chi connectivity index (χ0v) is 9.52. The highest BCUT2D eigenvalue weighted by Gasteiger charge is 2.24. The summed E-state index contributed by atoms with van der Waals surface area (Å²) in [6, 6.07) is 0.763. The molecule has 2 unspecified atom stereocenters. The summed E-state index contributed by atoms with van der Waals surface area (Å²) >= 11 is 0. The Morgan fingerprint density at radius 3 is 3.13 bits per heavy atom. The molecule has 1 N–H and O–H groups in total. The highest BCUT2D eigenvalue weighted by atomic mass is 15.0. The molecule has 0 bridgehead atoms. The molecule has 1 aliphatic rings. The molecule has 0 aliphatic heterocycles. The maximum absolute atomic E-state index is 4.04. The molecule has 0 radical (unpaired) electrons. The van der Waals surface area contributed by atoms with E-state index in [1.165, 1.54) is 25.7 Å². The van der Waals surface area contributed by atoms with Gasteiger partial charge < -0.3 is 9.88 Å². The maximum atomic E-state index is 4.04. The van der Waals surface area contributed by atoms with Crippen molar-refractivity contribution in [2.45, 2.75) is 45.2 Å². The van der Waals surface area contributed by atoms with E-state index in [0.717, 1.165) is 25.0 Å². The van der Waals surface area contributed by atoms with Crippen LogP contribution < -0.4 is 5.32 Å². The van der Waals surface area contributed by atoms with E-state index in [9.17, 15) is 0 Å². The van der Waals surface area contributed by atoms with Gasteiger partial charge in [-0.05, 0) is 18.8 Å². The Balaban J connectivity index is 1.69. The molecule has 1 aromatic heterocycles. The van der Waals surface area contributed by atoms with Crippen molar-refractivity contribution >= 4 is 0 Å². The van der Waals surface area contributed by atoms with Crippen molar-refractivity contribution in [1.82, 2.24) is 14.9 Å². The predicted octanol–water partition coefficient (Wildman–Crippen LogP) is 2.05. The van der Waals surface area contributed by atoms with E-state index < -0.39 is 0 Å². The van der Waals surface area contributed by atoms with E-state index in [1.54, 1.807) is 0 Å². The van der Waals surface area contributed by atoms with E-state index >= 15 is 0 Å². The first-order valence-corrected chi connectivity index (χ1v) is 6.09. The van der Waals surface area contributed by atoms with Gasteiger partial charge in [0, 0.05) is 31.5 Å². The van der Waals surface area contributed by atoms with Gasteiger partial charge >= 0.3 is 0 Å². The maximum Gasteiger partial charge on any atom is 0.0946 e. The van der Waals surface area contributed by atoms with Crippen LogP contribution in [0.2, 0.25) is 0 Å². The molecule has 1 heterocycles. The van der Waals surface area contributed by atoms with Gasteiger partial charge in [0.25, 0.3) is 0 Å². The van der Waals surface area contributed by atoms with Gasteiger partial charge in [-0.1, -0.05) is 19.8 Å². The normalized spacial score (nSPS) is 25.9. The van der Waals surface area contributed by atoms with E-state index in [1.807, 2.05) is 18.7 Å². The minimum absolute atomic E-state index is 0.763. The van der Waals surface area contributed by atoms with Gasteiger partial charge in [-0.2, -0.15) is 0 Å². The van der Waals surface area contributed by atoms with Gasteiger partial charge in [-0.25, -0.2) is 4.98 Å². The van der Waals surface area contributed by atoms with Gasteiger partial charge in [0.2, 0.25) is 0 Å². The largest absolute Gasteiger partial charge is 0.336 e. The smallest absolute Gasteiger partial charge is 0.0946 e. The summed E-state index contributed by atoms with van der Waals surface area (Å²) in [5, 5.41) is 3.67. The van der Waals surface area contributed by atoms with E-state index in [-0.39, 0.29) is 0 Å². The molecule has 1 fully saturated rings. The monoisotopic (exact) mass is 207 g/mol. The number of nitrogens with zero attached hydrogens (tertiary/aromatic N) is 2. The van der Waals surface area contributed by atoms with Crippen LogP contribution in [0.5, 0.6) is 0 Å². The summed E-state index contributed by atoms with van der Waals surface area (Å²) in [5.74, 6) is 0.910. The summed E-state index contributed by atoms with van der Waals surface area (Å²) in [7, 11) is 0. The Morgan fingerprint density at radius 1 is 1.47 bits per heavy atom. The lowest BCUT2D eigenvalue weighted by Crippen LogP contribution is -2.34. The van der Waals surface area contributed by atoms with Crippen LogP contribution >= 0.6 is 0 Å². The Labute approximate surface area is 91.9 Å². The Kier molecular flexibility index (Phi) is 3.78. The molecule has 1 aliphatic carbocycles. The van der Waals surface area contributed by atoms with Crippen molar-refractivity contribution in [2.75, 3.05) is 6.54 Å². The third kappa shape index (κ3) is 2.81. The molecule has 0 amide bonds. The lowest BCUT2D eigenvalue weighted by atomic mass is 10.0. The SMILES string of the molecule is CCC1CCCC1NCCn1ccnc1. The van der Waals surface area contributed by atoms with Crippen LogP contribution in [0.25, 0.3) is 0 Å². The Hall–Kier alpha value is -0.830. The zero-order valence-electron chi connectivity index (χ0n) is 9.52. The molecule has 1 saturated carbocycles. The number of nitrogens with one attached hydrogen (secondary N) is 1. The van der Waals surface area contributed by atoms with Crippen molar-refractivity contribution in [3.05, 3.63) is 18.7 Å². The Morgan fingerprint density at radius 2 is 2.40 bits per heavy atom. The molecule has 0 aromatic carbocycles. The van der Waals surface area contributed by atoms with Crippen LogP contribution in [0.1, 0.15) is 32.6 Å². The number of rotatable bonds is 5. The standard InChI is InChI=1S/C12H21N3/c1-2-11-4-3-5-12(11)14-7-9-15-8-6-13-10-15/h6,8,10-12,14H,2-5,7,9H2,1H3. The van der Waals surface area contributed by atoms with Crippen LogP contribution in [0, 0.1) is 5.92 Å². The van der Waals surface area contributed by atoms with Crippen LogP contribution in [-0.2, 0) is 6.54 Å². The third-order valence-electron chi connectivity index (χ3n) is 3.52. The van der Waals surface area contributed by atoms with Crippen molar-refractivity contribution in [3.63, 3.8) is 0 Å². The van der Waals surface area contributed by atoms with Gasteiger partial charge in [-0.15, -0.1) is 0 Å². The van der Waals surface area contributed by atoms with Crippen molar-refractivity contribution < 1.29 is 0 Å². The highest BCUT2D eigenvalue weighted by Crippen LogP contribution is 2.27. The van der Waals surface area contributed by atoms with Gasteiger partial charge in [0.05, 0.1) is 6.33 Å². The Bertz CT molecular complexity index is 268. The quantitative estimate of drug-likeness (QED) is 0.801. The lowest BCUT2D eigenvalue weighted by molar-refractivity contribution is 0.384. The summed E-state index contributed by atoms with van der Waals surface area (Å²) in [4.78, 5) is 4.04. The second-order valence-corrected chi connectivity index (χ2v) is 4.46. The fourth-order valence-corrected chi connectivity index (χ4v) is 2.59. The lowest BCUT2D eigenvalue weighted by Gasteiger charge is -2.19. The topological polar surface area (TPSA) is 29.9 Å². The average molecular weight is 207 g/mol. The molecular formula is C12H21N3. The van der Waals surface area contributed by atoms with Gasteiger partial charge in [-0.3, -0.25) is 0 Å². The minimum atomic E-state index is 0.763. The first kappa shape index (κ1) is 10.7. The molecule has 2 atom stereocenters. The van der Waals surface area contributed by atoms with Crippen molar-refractivity contribution in [1.29, 1.82) is 0 Å². The van der Waals surface area contributed by atoms with Crippen LogP contribution in [0.3, 0.4) is 0 Å². The number of imidazole rings is 1. The summed E-state index contributed by atoms with van der Waals surface area (Å²) in [6.07, 6.45) is 11.2. The van der Waals surface area contributed by atoms with E-state index in [2.05, 4.69) is 21.8 Å². The van der Waals surface area contributed by atoms with E-state index in [0.29, 0.717) is 0 Å². The number of hydrogen-bond donors (Lipinski definition) is 1. The molecule has 84 valence electrons. The van der Waals surface area contributed by atoms with Crippen LogP contribution in [-0.4, -0.2) is 22.1 Å². The first-order valence-electron chi connectivity index (χ1n) is 6.09. The number of hydrogen-bond acceptors (Lipinski definition) is 2. The molecular weight excluding hydrogens is 186 g/mol. The second-order valence-electron chi connectivity index (χ2n) is 4.46.